The molecule has 0 aromatic carbocycles. The molecule has 0 aromatic rings. The molecule has 0 aliphatic carbocycles. The Bertz CT molecular complexity index is 864. The smallest absolute Gasteiger partial charge is 0.414 e. The van der Waals surface area contributed by atoms with Crippen LogP contribution in [-0.2, 0) is 9.47 Å². The highest BCUT2D eigenvalue weighted by molar-refractivity contribution is 6.29. The van der Waals surface area contributed by atoms with Gasteiger partial charge < -0.3 is 19.3 Å². The summed E-state index contributed by atoms with van der Waals surface area (Å²) in [7, 11) is 0. The fraction of sp³-hybridized carbons (Fsp3) is 0.692. The van der Waals surface area contributed by atoms with Crippen molar-refractivity contribution in [2.45, 2.75) is 92.4 Å². The lowest BCUT2D eigenvalue weighted by molar-refractivity contribution is -0.00322. The first-order valence-electron chi connectivity index (χ1n) is 12.1. The van der Waals surface area contributed by atoms with E-state index in [4.69, 9.17) is 21.1 Å². The summed E-state index contributed by atoms with van der Waals surface area (Å²) in [5.74, 6) is 0. The van der Waals surface area contributed by atoms with Crippen LogP contribution in [-0.4, -0.2) is 70.3 Å². The van der Waals surface area contributed by atoms with Gasteiger partial charge in [-0.15, -0.1) is 0 Å². The van der Waals surface area contributed by atoms with E-state index < -0.39 is 17.3 Å². The molecule has 34 heavy (non-hydrogen) atoms. The maximum absolute atomic E-state index is 13.1. The van der Waals surface area contributed by atoms with E-state index in [1.54, 1.807) is 9.80 Å². The Morgan fingerprint density at radius 3 is 2.18 bits per heavy atom. The average Bonchev–Trinajstić information content (AvgIpc) is 2.66. The highest BCUT2D eigenvalue weighted by atomic mass is 35.5. The number of carbonyl (C=O) groups is 2. The van der Waals surface area contributed by atoms with E-state index in [9.17, 15) is 9.59 Å². The van der Waals surface area contributed by atoms with Crippen LogP contribution in [0.25, 0.3) is 0 Å². The molecular weight excluding hydrogens is 454 g/mol. The normalized spacial score (nSPS) is 20.4. The monoisotopic (exact) mass is 495 g/mol. The zero-order chi connectivity index (χ0) is 25.8. The third-order valence-electron chi connectivity index (χ3n) is 5.52. The molecule has 1 atom stereocenters. The summed E-state index contributed by atoms with van der Waals surface area (Å²) in [6.45, 7) is 19.3. The number of allylic oxidation sites excluding steroid dienone is 5. The van der Waals surface area contributed by atoms with Crippen LogP contribution in [0.5, 0.6) is 0 Å². The molecule has 1 fully saturated rings. The van der Waals surface area contributed by atoms with Gasteiger partial charge in [0, 0.05) is 36.8 Å². The van der Waals surface area contributed by atoms with Gasteiger partial charge in [-0.1, -0.05) is 30.2 Å². The molecular formula is C26H42ClN3O4. The Hall–Kier alpha value is -2.15. The molecule has 0 spiro atoms. The summed E-state index contributed by atoms with van der Waals surface area (Å²) in [6.07, 6.45) is 4.99. The van der Waals surface area contributed by atoms with Gasteiger partial charge in [-0.25, -0.2) is 9.59 Å². The van der Waals surface area contributed by atoms with Crippen LogP contribution in [0.15, 0.2) is 34.2 Å². The van der Waals surface area contributed by atoms with Crippen LogP contribution in [0.4, 0.5) is 9.59 Å². The molecule has 0 aromatic heterocycles. The van der Waals surface area contributed by atoms with Gasteiger partial charge >= 0.3 is 12.2 Å². The molecule has 192 valence electrons. The molecule has 2 heterocycles. The summed E-state index contributed by atoms with van der Waals surface area (Å²) >= 11 is 6.67. The number of nitrogens with zero attached hydrogens (tertiary/aromatic N) is 3. The molecule has 0 N–H and O–H groups in total. The first-order valence-corrected chi connectivity index (χ1v) is 12.5. The van der Waals surface area contributed by atoms with Crippen molar-refractivity contribution in [1.82, 2.24) is 14.7 Å². The van der Waals surface area contributed by atoms with E-state index in [0.717, 1.165) is 17.8 Å². The Balaban J connectivity index is 2.37. The van der Waals surface area contributed by atoms with Crippen LogP contribution in [0.1, 0.15) is 75.2 Å². The summed E-state index contributed by atoms with van der Waals surface area (Å²) in [6, 6.07) is -0.0968. The maximum atomic E-state index is 13.1. The molecule has 0 saturated carbocycles. The van der Waals surface area contributed by atoms with Gasteiger partial charge in [0.2, 0.25) is 0 Å². The van der Waals surface area contributed by atoms with E-state index in [1.807, 2.05) is 54.5 Å². The van der Waals surface area contributed by atoms with Crippen molar-refractivity contribution in [3.8, 4) is 0 Å². The standard InChI is InChI=1S/C26H42ClN3O4/c1-10-11-18(2)14-20(27)15-22-19(3)30(24(32)34-26(7,8)9)17-21-16-28(12-13-29(21)22)23(31)33-25(4,5)6/h11,15,21H,10,12-14,16-17H2,1-9H3/b18-11+,20-15+/t21-/m1/s1. The largest absolute Gasteiger partial charge is 0.444 e. The fourth-order valence-corrected chi connectivity index (χ4v) is 4.43. The summed E-state index contributed by atoms with van der Waals surface area (Å²) in [4.78, 5) is 31.4. The van der Waals surface area contributed by atoms with Crippen LogP contribution in [0.3, 0.4) is 0 Å². The number of halogens is 1. The second-order valence-electron chi connectivity index (χ2n) is 11.1. The van der Waals surface area contributed by atoms with Crippen molar-refractivity contribution in [2.75, 3.05) is 26.2 Å². The van der Waals surface area contributed by atoms with Crippen LogP contribution in [0.2, 0.25) is 0 Å². The van der Waals surface area contributed by atoms with Crippen molar-refractivity contribution in [2.24, 2.45) is 0 Å². The molecule has 0 unspecified atom stereocenters. The summed E-state index contributed by atoms with van der Waals surface area (Å²) in [5, 5.41) is 0.705. The van der Waals surface area contributed by atoms with E-state index in [-0.39, 0.29) is 12.1 Å². The third kappa shape index (κ3) is 7.97. The van der Waals surface area contributed by atoms with Crippen LogP contribution < -0.4 is 0 Å². The molecule has 2 rings (SSSR count). The van der Waals surface area contributed by atoms with Gasteiger partial charge in [0.25, 0.3) is 0 Å². The number of hydrogen-bond donors (Lipinski definition) is 0. The number of rotatable bonds is 4. The lowest BCUT2D eigenvalue weighted by Crippen LogP contribution is -2.61. The van der Waals surface area contributed by atoms with E-state index in [2.05, 4.69) is 24.8 Å². The minimum absolute atomic E-state index is 0.0968. The first-order chi connectivity index (χ1) is 15.6. The van der Waals surface area contributed by atoms with Gasteiger partial charge in [0.15, 0.2) is 0 Å². The highest BCUT2D eigenvalue weighted by Gasteiger charge is 2.40. The summed E-state index contributed by atoms with van der Waals surface area (Å²) in [5.41, 5.74) is 1.71. The average molecular weight is 496 g/mol. The number of piperazine rings is 1. The van der Waals surface area contributed by atoms with Gasteiger partial charge in [-0.3, -0.25) is 4.90 Å². The highest BCUT2D eigenvalue weighted by Crippen LogP contribution is 2.32. The lowest BCUT2D eigenvalue weighted by atomic mass is 10.0. The zero-order valence-electron chi connectivity index (χ0n) is 22.3. The van der Waals surface area contributed by atoms with Crippen molar-refractivity contribution in [3.05, 3.63) is 34.2 Å². The number of fused-ring (bicyclic) bond motifs is 1. The lowest BCUT2D eigenvalue weighted by Gasteiger charge is -2.49. The number of hydrogen-bond acceptors (Lipinski definition) is 5. The molecule has 0 bridgehead atoms. The molecule has 2 aliphatic rings. The molecule has 0 radical (unpaired) electrons. The molecule has 2 aliphatic heterocycles. The predicted octanol–water partition coefficient (Wildman–Crippen LogP) is 6.26. The van der Waals surface area contributed by atoms with Crippen LogP contribution >= 0.6 is 11.6 Å². The van der Waals surface area contributed by atoms with E-state index in [1.165, 1.54) is 5.57 Å². The minimum atomic E-state index is -0.612. The Kier molecular flexibility index (Phi) is 9.14. The molecule has 7 nitrogen and oxygen atoms in total. The Labute approximate surface area is 210 Å². The van der Waals surface area contributed by atoms with Gasteiger partial charge in [0.05, 0.1) is 18.3 Å². The zero-order valence-corrected chi connectivity index (χ0v) is 23.1. The van der Waals surface area contributed by atoms with Crippen molar-refractivity contribution >= 4 is 23.8 Å². The number of carbonyl (C=O) groups excluding carboxylic acids is 2. The van der Waals surface area contributed by atoms with Gasteiger partial charge in [0.1, 0.15) is 11.2 Å². The third-order valence-corrected chi connectivity index (χ3v) is 5.76. The molecule has 1 saturated heterocycles. The van der Waals surface area contributed by atoms with Gasteiger partial charge in [-0.2, -0.15) is 0 Å². The quantitative estimate of drug-likeness (QED) is 0.431. The molecule has 8 heteroatoms. The van der Waals surface area contributed by atoms with E-state index in [0.29, 0.717) is 37.6 Å². The Morgan fingerprint density at radius 1 is 1.03 bits per heavy atom. The van der Waals surface area contributed by atoms with Crippen LogP contribution in [0, 0.1) is 0 Å². The van der Waals surface area contributed by atoms with Gasteiger partial charge in [-0.05, 0) is 67.9 Å². The SMILES string of the molecule is CC/C=C(\C)C/C(Cl)=C\C1=C(C)N(C(=O)OC(C)(C)C)C[C@H]2CN(C(=O)OC(C)(C)C)CCN12. The maximum Gasteiger partial charge on any atom is 0.414 e. The second-order valence-corrected chi connectivity index (χ2v) is 11.5. The number of amides is 2. The first kappa shape index (κ1) is 28.1. The van der Waals surface area contributed by atoms with Crippen molar-refractivity contribution in [3.63, 3.8) is 0 Å². The topological polar surface area (TPSA) is 62.3 Å². The predicted molar refractivity (Wildman–Crippen MR) is 137 cm³/mol. The minimum Gasteiger partial charge on any atom is -0.444 e. The molecule has 2 amide bonds. The van der Waals surface area contributed by atoms with E-state index >= 15 is 0 Å². The Morgan fingerprint density at radius 2 is 1.62 bits per heavy atom. The second kappa shape index (κ2) is 11.1. The van der Waals surface area contributed by atoms with Crippen molar-refractivity contribution in [1.29, 1.82) is 0 Å². The van der Waals surface area contributed by atoms with Crippen molar-refractivity contribution < 1.29 is 19.1 Å². The summed E-state index contributed by atoms with van der Waals surface area (Å²) < 4.78 is 11.3. The fourth-order valence-electron chi connectivity index (χ4n) is 4.12. The number of ether oxygens (including phenoxy) is 2.